The molecule has 1 unspecified atom stereocenters. The first kappa shape index (κ1) is 15.5. The quantitative estimate of drug-likeness (QED) is 0.799. The molecule has 1 aromatic heterocycles. The zero-order chi connectivity index (χ0) is 16.7. The number of fused-ring (bicyclic) bond motifs is 2. The van der Waals surface area contributed by atoms with Crippen LogP contribution in [0.3, 0.4) is 0 Å². The van der Waals surface area contributed by atoms with Crippen molar-refractivity contribution in [2.45, 2.75) is 44.6 Å². The van der Waals surface area contributed by atoms with Crippen molar-refractivity contribution in [1.29, 1.82) is 0 Å². The van der Waals surface area contributed by atoms with Crippen LogP contribution < -0.4 is 5.32 Å². The lowest BCUT2D eigenvalue weighted by Crippen LogP contribution is -2.44. The Morgan fingerprint density at radius 1 is 1.43 bits per heavy atom. The average Bonchev–Trinajstić information content (AvgIpc) is 2.46. The highest BCUT2D eigenvalue weighted by Crippen LogP contribution is 2.42. The summed E-state index contributed by atoms with van der Waals surface area (Å²) >= 11 is 0. The molecular formula is C17H21N3O3. The van der Waals surface area contributed by atoms with Crippen LogP contribution in [-0.4, -0.2) is 34.0 Å². The predicted molar refractivity (Wildman–Crippen MR) is 85.9 cm³/mol. The molecule has 0 aliphatic carbocycles. The molecule has 0 bridgehead atoms. The van der Waals surface area contributed by atoms with Gasteiger partial charge in [0, 0.05) is 36.3 Å². The van der Waals surface area contributed by atoms with Crippen molar-refractivity contribution in [2.75, 3.05) is 11.9 Å². The number of aromatic nitrogens is 1. The van der Waals surface area contributed by atoms with Gasteiger partial charge in [-0.1, -0.05) is 12.1 Å². The van der Waals surface area contributed by atoms with Crippen LogP contribution in [0.5, 0.6) is 0 Å². The first-order valence-electron chi connectivity index (χ1n) is 7.73. The van der Waals surface area contributed by atoms with Gasteiger partial charge >= 0.3 is 6.09 Å². The Morgan fingerprint density at radius 2 is 2.22 bits per heavy atom. The molecule has 1 spiro atoms. The highest BCUT2D eigenvalue weighted by Gasteiger charge is 2.41. The molecule has 1 atom stereocenters. The van der Waals surface area contributed by atoms with Gasteiger partial charge in [-0.15, -0.1) is 0 Å². The number of amides is 2. The molecule has 0 saturated carbocycles. The first-order valence-corrected chi connectivity index (χ1v) is 7.73. The fourth-order valence-corrected chi connectivity index (χ4v) is 3.02. The van der Waals surface area contributed by atoms with Gasteiger partial charge in [0.25, 0.3) is 0 Å². The third-order valence-electron chi connectivity index (χ3n) is 4.08. The highest BCUT2D eigenvalue weighted by molar-refractivity contribution is 5.95. The molecule has 23 heavy (non-hydrogen) atoms. The summed E-state index contributed by atoms with van der Waals surface area (Å²) in [4.78, 5) is 30.0. The van der Waals surface area contributed by atoms with E-state index < -0.39 is 11.0 Å². The van der Waals surface area contributed by atoms with Crippen molar-refractivity contribution in [3.63, 3.8) is 0 Å². The summed E-state index contributed by atoms with van der Waals surface area (Å²) in [5.41, 5.74) is 0.0749. The second-order valence-corrected chi connectivity index (χ2v) is 7.02. The molecule has 3 heterocycles. The Balaban J connectivity index is 1.86. The SMILES string of the molecule is CC(C)(C)OC(=O)N1C=CC2(CC1)CC(=O)Nc1ncccc12. The van der Waals surface area contributed by atoms with Crippen LogP contribution in [0, 0.1) is 0 Å². The molecular weight excluding hydrogens is 294 g/mol. The van der Waals surface area contributed by atoms with E-state index in [1.165, 1.54) is 0 Å². The van der Waals surface area contributed by atoms with Gasteiger partial charge in [-0.3, -0.25) is 9.69 Å². The molecule has 2 aliphatic heterocycles. The van der Waals surface area contributed by atoms with E-state index in [1.54, 1.807) is 17.3 Å². The van der Waals surface area contributed by atoms with Crippen molar-refractivity contribution in [3.05, 3.63) is 36.2 Å². The van der Waals surface area contributed by atoms with Crippen LogP contribution in [0.25, 0.3) is 0 Å². The lowest BCUT2D eigenvalue weighted by molar-refractivity contribution is -0.117. The number of hydrogen-bond donors (Lipinski definition) is 1. The first-order chi connectivity index (χ1) is 10.8. The minimum atomic E-state index is -0.526. The average molecular weight is 315 g/mol. The van der Waals surface area contributed by atoms with Gasteiger partial charge in [0.2, 0.25) is 5.91 Å². The summed E-state index contributed by atoms with van der Waals surface area (Å²) in [5, 5.41) is 2.81. The molecule has 0 radical (unpaired) electrons. The molecule has 122 valence electrons. The summed E-state index contributed by atoms with van der Waals surface area (Å²) in [6, 6.07) is 3.85. The smallest absolute Gasteiger partial charge is 0.414 e. The monoisotopic (exact) mass is 315 g/mol. The molecule has 2 aliphatic rings. The number of hydrogen-bond acceptors (Lipinski definition) is 4. The maximum absolute atomic E-state index is 12.2. The third-order valence-corrected chi connectivity index (χ3v) is 4.08. The van der Waals surface area contributed by atoms with Crippen LogP contribution in [0.15, 0.2) is 30.6 Å². The summed E-state index contributed by atoms with van der Waals surface area (Å²) in [7, 11) is 0. The van der Waals surface area contributed by atoms with Gasteiger partial charge in [0.1, 0.15) is 11.4 Å². The van der Waals surface area contributed by atoms with Crippen molar-refractivity contribution in [3.8, 4) is 0 Å². The van der Waals surface area contributed by atoms with Gasteiger partial charge in [-0.25, -0.2) is 9.78 Å². The maximum Gasteiger partial charge on any atom is 0.414 e. The van der Waals surface area contributed by atoms with E-state index in [0.29, 0.717) is 25.2 Å². The number of carbonyl (C=O) groups is 2. The van der Waals surface area contributed by atoms with Crippen molar-refractivity contribution >= 4 is 17.8 Å². The van der Waals surface area contributed by atoms with E-state index in [2.05, 4.69) is 10.3 Å². The zero-order valence-electron chi connectivity index (χ0n) is 13.6. The van der Waals surface area contributed by atoms with E-state index >= 15 is 0 Å². The van der Waals surface area contributed by atoms with Crippen molar-refractivity contribution in [2.24, 2.45) is 0 Å². The van der Waals surface area contributed by atoms with Gasteiger partial charge in [-0.05, 0) is 33.3 Å². The molecule has 6 nitrogen and oxygen atoms in total. The predicted octanol–water partition coefficient (Wildman–Crippen LogP) is 2.82. The van der Waals surface area contributed by atoms with Crippen LogP contribution in [0.2, 0.25) is 0 Å². The van der Waals surface area contributed by atoms with E-state index in [0.717, 1.165) is 5.56 Å². The minimum absolute atomic E-state index is 0.0495. The molecule has 1 aromatic rings. The molecule has 1 N–H and O–H groups in total. The Hall–Kier alpha value is -2.37. The van der Waals surface area contributed by atoms with Crippen molar-refractivity contribution in [1.82, 2.24) is 9.88 Å². The van der Waals surface area contributed by atoms with Crippen LogP contribution >= 0.6 is 0 Å². The summed E-state index contributed by atoms with van der Waals surface area (Å²) in [6.07, 6.45) is 5.99. The lowest BCUT2D eigenvalue weighted by Gasteiger charge is -2.40. The number of rotatable bonds is 0. The highest BCUT2D eigenvalue weighted by atomic mass is 16.6. The fourth-order valence-electron chi connectivity index (χ4n) is 3.02. The number of nitrogens with zero attached hydrogens (tertiary/aromatic N) is 2. The topological polar surface area (TPSA) is 71.5 Å². The second kappa shape index (κ2) is 5.37. The minimum Gasteiger partial charge on any atom is -0.443 e. The number of carbonyl (C=O) groups excluding carboxylic acids is 2. The van der Waals surface area contributed by atoms with Crippen molar-refractivity contribution < 1.29 is 14.3 Å². The van der Waals surface area contributed by atoms with E-state index in [1.807, 2.05) is 39.0 Å². The number of nitrogens with one attached hydrogen (secondary N) is 1. The summed E-state index contributed by atoms with van der Waals surface area (Å²) in [6.45, 7) is 6.03. The van der Waals surface area contributed by atoms with Crippen LogP contribution in [0.1, 0.15) is 39.2 Å². The molecule has 0 fully saturated rings. The molecule has 0 aromatic carbocycles. The number of ether oxygens (including phenoxy) is 1. The fraction of sp³-hybridized carbons (Fsp3) is 0.471. The Kier molecular flexibility index (Phi) is 3.62. The Morgan fingerprint density at radius 3 is 2.87 bits per heavy atom. The van der Waals surface area contributed by atoms with E-state index in [9.17, 15) is 9.59 Å². The van der Waals surface area contributed by atoms with Gasteiger partial charge in [0.05, 0.1) is 0 Å². The standard InChI is InChI=1S/C17H21N3O3/c1-16(2,3)23-15(22)20-9-6-17(7-10-20)11-13(21)19-14-12(17)5-4-8-18-14/h4-6,8-9H,7,10-11H2,1-3H3,(H,18,19,21). The second-order valence-electron chi connectivity index (χ2n) is 7.02. The lowest BCUT2D eigenvalue weighted by atomic mass is 9.72. The maximum atomic E-state index is 12.2. The van der Waals surface area contributed by atoms with Gasteiger partial charge in [0.15, 0.2) is 0 Å². The zero-order valence-corrected chi connectivity index (χ0v) is 13.6. The number of allylic oxidation sites excluding steroid dienone is 1. The van der Waals surface area contributed by atoms with Gasteiger partial charge < -0.3 is 10.1 Å². The molecule has 0 saturated heterocycles. The normalized spacial score (nSPS) is 23.4. The number of pyridine rings is 1. The Bertz CT molecular complexity index is 678. The van der Waals surface area contributed by atoms with E-state index in [-0.39, 0.29) is 12.0 Å². The third kappa shape index (κ3) is 3.06. The largest absolute Gasteiger partial charge is 0.443 e. The van der Waals surface area contributed by atoms with Gasteiger partial charge in [-0.2, -0.15) is 0 Å². The molecule has 6 heteroatoms. The summed E-state index contributed by atoms with van der Waals surface area (Å²) < 4.78 is 5.39. The van der Waals surface area contributed by atoms with Crippen LogP contribution in [-0.2, 0) is 14.9 Å². The summed E-state index contributed by atoms with van der Waals surface area (Å²) in [5.74, 6) is 0.561. The Labute approximate surface area is 135 Å². The van der Waals surface area contributed by atoms with Crippen LogP contribution in [0.4, 0.5) is 10.6 Å². The van der Waals surface area contributed by atoms with E-state index in [4.69, 9.17) is 4.74 Å². The number of anilines is 1. The molecule has 2 amide bonds. The molecule has 3 rings (SSSR count).